The van der Waals surface area contributed by atoms with Gasteiger partial charge >= 0.3 is 5.97 Å². The van der Waals surface area contributed by atoms with E-state index in [9.17, 15) is 4.79 Å². The van der Waals surface area contributed by atoms with Crippen molar-refractivity contribution in [2.45, 2.75) is 45.4 Å². The Labute approximate surface area is 118 Å². The zero-order valence-corrected chi connectivity index (χ0v) is 12.3. The number of carbonyl (C=O) groups excluding carboxylic acids is 1. The minimum atomic E-state index is -0.675. The Bertz CT molecular complexity index is 490. The summed E-state index contributed by atoms with van der Waals surface area (Å²) in [5.74, 6) is -0.199. The Kier molecular flexibility index (Phi) is 3.81. The van der Waals surface area contributed by atoms with Crippen LogP contribution in [0, 0.1) is 5.41 Å². The SMILES string of the molecule is CCOC(=O)C1(c2ccnc(Cl)n2)CCC(C)(C)C1. The standard InChI is InChI=1S/C14H19ClN2O2/c1-4-19-11(18)14(7-6-13(2,3)9-14)10-5-8-16-12(15)17-10/h5,8H,4,6-7,9H2,1-3H3. The van der Waals surface area contributed by atoms with Crippen LogP contribution in [0.15, 0.2) is 12.3 Å². The first kappa shape index (κ1) is 14.3. The Balaban J connectivity index is 2.44. The van der Waals surface area contributed by atoms with Gasteiger partial charge in [0.15, 0.2) is 0 Å². The highest BCUT2D eigenvalue weighted by Gasteiger charge is 2.51. The van der Waals surface area contributed by atoms with Crippen LogP contribution in [0.3, 0.4) is 0 Å². The molecule has 5 heteroatoms. The van der Waals surface area contributed by atoms with Crippen LogP contribution < -0.4 is 0 Å². The average molecular weight is 283 g/mol. The van der Waals surface area contributed by atoms with E-state index in [0.29, 0.717) is 12.3 Å². The lowest BCUT2D eigenvalue weighted by molar-refractivity contribution is -0.150. The molecular weight excluding hydrogens is 264 g/mol. The van der Waals surface area contributed by atoms with Gasteiger partial charge in [-0.25, -0.2) is 9.97 Å². The molecule has 1 unspecified atom stereocenters. The number of rotatable bonds is 3. The molecule has 0 bridgehead atoms. The van der Waals surface area contributed by atoms with E-state index in [-0.39, 0.29) is 16.7 Å². The zero-order valence-electron chi connectivity index (χ0n) is 11.6. The van der Waals surface area contributed by atoms with Gasteiger partial charge < -0.3 is 4.74 Å². The molecule has 0 aromatic carbocycles. The first-order valence-corrected chi connectivity index (χ1v) is 6.94. The van der Waals surface area contributed by atoms with E-state index in [4.69, 9.17) is 16.3 Å². The second-order valence-electron chi connectivity index (χ2n) is 5.85. The van der Waals surface area contributed by atoms with Crippen LogP contribution in [0.1, 0.15) is 45.7 Å². The van der Waals surface area contributed by atoms with Gasteiger partial charge in [0.05, 0.1) is 12.3 Å². The number of aromatic nitrogens is 2. The van der Waals surface area contributed by atoms with Gasteiger partial charge in [0.2, 0.25) is 5.28 Å². The Hall–Kier alpha value is -1.16. The van der Waals surface area contributed by atoms with Crippen LogP contribution in [0.4, 0.5) is 0 Å². The molecule has 1 aromatic rings. The molecule has 1 fully saturated rings. The summed E-state index contributed by atoms with van der Waals surface area (Å²) < 4.78 is 5.27. The van der Waals surface area contributed by atoms with E-state index in [1.807, 2.05) is 6.92 Å². The highest BCUT2D eigenvalue weighted by atomic mass is 35.5. The van der Waals surface area contributed by atoms with Crippen molar-refractivity contribution in [3.8, 4) is 0 Å². The summed E-state index contributed by atoms with van der Waals surface area (Å²) in [6, 6.07) is 1.77. The fourth-order valence-electron chi connectivity index (χ4n) is 2.91. The normalized spacial score (nSPS) is 25.3. The molecule has 1 saturated carbocycles. The molecule has 2 rings (SSSR count). The second-order valence-corrected chi connectivity index (χ2v) is 6.19. The van der Waals surface area contributed by atoms with Gasteiger partial charge in [0.25, 0.3) is 0 Å². The van der Waals surface area contributed by atoms with Crippen LogP contribution in [-0.4, -0.2) is 22.5 Å². The first-order valence-electron chi connectivity index (χ1n) is 6.56. The highest BCUT2D eigenvalue weighted by Crippen LogP contribution is 2.50. The number of halogens is 1. The van der Waals surface area contributed by atoms with Crippen LogP contribution in [0.25, 0.3) is 0 Å². The van der Waals surface area contributed by atoms with Gasteiger partial charge in [-0.1, -0.05) is 13.8 Å². The van der Waals surface area contributed by atoms with E-state index in [1.54, 1.807) is 12.3 Å². The molecule has 1 heterocycles. The number of nitrogens with zero attached hydrogens (tertiary/aromatic N) is 2. The van der Waals surface area contributed by atoms with Crippen molar-refractivity contribution in [2.75, 3.05) is 6.61 Å². The van der Waals surface area contributed by atoms with Crippen molar-refractivity contribution in [1.29, 1.82) is 0 Å². The molecule has 1 aromatic heterocycles. The number of ether oxygens (including phenoxy) is 1. The lowest BCUT2D eigenvalue weighted by Crippen LogP contribution is -2.37. The van der Waals surface area contributed by atoms with Gasteiger partial charge in [-0.15, -0.1) is 0 Å². The molecule has 19 heavy (non-hydrogen) atoms. The summed E-state index contributed by atoms with van der Waals surface area (Å²) in [7, 11) is 0. The molecule has 1 atom stereocenters. The van der Waals surface area contributed by atoms with E-state index in [1.165, 1.54) is 0 Å². The summed E-state index contributed by atoms with van der Waals surface area (Å²) >= 11 is 5.86. The van der Waals surface area contributed by atoms with Crippen molar-refractivity contribution < 1.29 is 9.53 Å². The molecular formula is C14H19ClN2O2. The van der Waals surface area contributed by atoms with Crippen molar-refractivity contribution in [3.63, 3.8) is 0 Å². The monoisotopic (exact) mass is 282 g/mol. The van der Waals surface area contributed by atoms with E-state index in [2.05, 4.69) is 23.8 Å². The summed E-state index contributed by atoms with van der Waals surface area (Å²) in [4.78, 5) is 20.6. The summed E-state index contributed by atoms with van der Waals surface area (Å²) in [5, 5.41) is 0.172. The fraction of sp³-hybridized carbons (Fsp3) is 0.643. The minimum absolute atomic E-state index is 0.101. The molecule has 0 N–H and O–H groups in total. The van der Waals surface area contributed by atoms with Gasteiger partial charge in [-0.3, -0.25) is 4.79 Å². The Morgan fingerprint density at radius 2 is 2.21 bits per heavy atom. The Morgan fingerprint density at radius 3 is 2.74 bits per heavy atom. The molecule has 4 nitrogen and oxygen atoms in total. The number of esters is 1. The molecule has 1 aliphatic rings. The molecule has 0 aliphatic heterocycles. The molecule has 0 amide bonds. The van der Waals surface area contributed by atoms with Crippen LogP contribution in [0.5, 0.6) is 0 Å². The minimum Gasteiger partial charge on any atom is -0.465 e. The Morgan fingerprint density at radius 1 is 1.47 bits per heavy atom. The quantitative estimate of drug-likeness (QED) is 0.631. The van der Waals surface area contributed by atoms with Gasteiger partial charge in [0, 0.05) is 6.20 Å². The van der Waals surface area contributed by atoms with Crippen LogP contribution >= 0.6 is 11.6 Å². The third-order valence-corrected chi connectivity index (χ3v) is 3.97. The van der Waals surface area contributed by atoms with Crippen LogP contribution in [0.2, 0.25) is 5.28 Å². The van der Waals surface area contributed by atoms with Crippen molar-refractivity contribution in [1.82, 2.24) is 9.97 Å². The predicted molar refractivity (Wildman–Crippen MR) is 73.0 cm³/mol. The maximum Gasteiger partial charge on any atom is 0.318 e. The summed E-state index contributed by atoms with van der Waals surface area (Å²) in [5.41, 5.74) is 0.104. The number of carbonyl (C=O) groups is 1. The maximum atomic E-state index is 12.4. The fourth-order valence-corrected chi connectivity index (χ4v) is 3.06. The first-order chi connectivity index (χ1) is 8.89. The van der Waals surface area contributed by atoms with Crippen molar-refractivity contribution >= 4 is 17.6 Å². The average Bonchev–Trinajstić information content (AvgIpc) is 2.67. The van der Waals surface area contributed by atoms with Gasteiger partial charge in [-0.2, -0.15) is 0 Å². The molecule has 1 aliphatic carbocycles. The van der Waals surface area contributed by atoms with E-state index < -0.39 is 5.41 Å². The summed E-state index contributed by atoms with van der Waals surface area (Å²) in [6.45, 7) is 6.52. The summed E-state index contributed by atoms with van der Waals surface area (Å²) in [6.07, 6.45) is 4.03. The molecule has 0 radical (unpaired) electrons. The highest BCUT2D eigenvalue weighted by molar-refractivity contribution is 6.28. The second kappa shape index (κ2) is 5.08. The van der Waals surface area contributed by atoms with Gasteiger partial charge in [0.1, 0.15) is 5.41 Å². The largest absolute Gasteiger partial charge is 0.465 e. The molecule has 104 valence electrons. The lowest BCUT2D eigenvalue weighted by Gasteiger charge is -2.28. The topological polar surface area (TPSA) is 52.1 Å². The predicted octanol–water partition coefficient (Wildman–Crippen LogP) is 3.14. The smallest absolute Gasteiger partial charge is 0.318 e. The van der Waals surface area contributed by atoms with Crippen molar-refractivity contribution in [3.05, 3.63) is 23.2 Å². The van der Waals surface area contributed by atoms with Gasteiger partial charge in [-0.05, 0) is 49.3 Å². The van der Waals surface area contributed by atoms with E-state index >= 15 is 0 Å². The third kappa shape index (κ3) is 2.73. The lowest BCUT2D eigenvalue weighted by atomic mass is 9.78. The molecule has 0 saturated heterocycles. The zero-order chi connectivity index (χ0) is 14.1. The molecule has 0 spiro atoms. The number of hydrogen-bond acceptors (Lipinski definition) is 4. The maximum absolute atomic E-state index is 12.4. The van der Waals surface area contributed by atoms with E-state index in [0.717, 1.165) is 19.3 Å². The number of hydrogen-bond donors (Lipinski definition) is 0. The van der Waals surface area contributed by atoms with Crippen LogP contribution in [-0.2, 0) is 14.9 Å². The van der Waals surface area contributed by atoms with Crippen molar-refractivity contribution in [2.24, 2.45) is 5.41 Å². The third-order valence-electron chi connectivity index (χ3n) is 3.79.